The molecule has 0 fully saturated rings. The topological polar surface area (TPSA) is 41.9 Å². The lowest BCUT2D eigenvalue weighted by Gasteiger charge is -2.29. The maximum atomic E-state index is 4.98. The van der Waals surface area contributed by atoms with Gasteiger partial charge in [-0.2, -0.15) is 0 Å². The first-order chi connectivity index (χ1) is 25.5. The molecule has 1 aliphatic heterocycles. The molecule has 0 spiro atoms. The highest BCUT2D eigenvalue weighted by molar-refractivity contribution is 5.82. The van der Waals surface area contributed by atoms with Crippen LogP contribution in [0.15, 0.2) is 182 Å². The number of anilines is 2. The lowest BCUT2D eigenvalue weighted by Crippen LogP contribution is -2.16. The second kappa shape index (κ2) is 14.3. The lowest BCUT2D eigenvalue weighted by atomic mass is 9.95. The van der Waals surface area contributed by atoms with Gasteiger partial charge in [-0.1, -0.05) is 146 Å². The van der Waals surface area contributed by atoms with Crippen LogP contribution >= 0.6 is 0 Å². The molecule has 0 atom stereocenters. The Balaban J connectivity index is 1.22. The van der Waals surface area contributed by atoms with E-state index in [0.717, 1.165) is 51.3 Å². The number of nitrogens with zero attached hydrogens (tertiary/aromatic N) is 4. The van der Waals surface area contributed by atoms with Crippen LogP contribution in [0.2, 0.25) is 0 Å². The van der Waals surface area contributed by atoms with Crippen LogP contribution in [0.4, 0.5) is 11.4 Å². The number of benzene rings is 6. The van der Waals surface area contributed by atoms with E-state index in [1.165, 1.54) is 27.8 Å². The van der Waals surface area contributed by atoms with Gasteiger partial charge in [0, 0.05) is 28.1 Å². The van der Waals surface area contributed by atoms with Crippen molar-refractivity contribution in [3.63, 3.8) is 0 Å². The van der Waals surface area contributed by atoms with Gasteiger partial charge in [0.2, 0.25) is 0 Å². The van der Waals surface area contributed by atoms with Crippen LogP contribution in [0.5, 0.6) is 0 Å². The summed E-state index contributed by atoms with van der Waals surface area (Å²) < 4.78 is 0. The predicted molar refractivity (Wildman–Crippen MR) is 216 cm³/mol. The van der Waals surface area contributed by atoms with Gasteiger partial charge < -0.3 is 4.90 Å². The molecule has 0 bridgehead atoms. The number of aromatic nitrogens is 3. The molecule has 0 unspecified atom stereocenters. The Bertz CT molecular complexity index is 2420. The number of aryl methyl sites for hydroxylation is 2. The summed E-state index contributed by atoms with van der Waals surface area (Å²) in [6.07, 6.45) is 9.26. The predicted octanol–water partition coefficient (Wildman–Crippen LogP) is 12.1. The molecule has 1 aliphatic rings. The van der Waals surface area contributed by atoms with E-state index < -0.39 is 0 Å². The molecule has 0 aliphatic carbocycles. The van der Waals surface area contributed by atoms with E-state index in [2.05, 4.69) is 135 Å². The molecule has 4 heteroatoms. The standard InChI is InChI=1S/C48H38N4/c1-33-16-13-14-25-43(33)44-29-28-42(30-34(44)2)52-35(3)17-7-4-8-18-36-26-27-40(32-45(36)52)39-23-15-24-41(31-39)48-50-46(37-19-9-5-10-20-37)49-47(51-48)38-21-11-6-12-22-38/h4-17,19-32H,3,18H2,1-2H3/b8-4-,17-7-. The Labute approximate surface area is 305 Å². The SMILES string of the molecule is C=C1/C=C\C=C/Cc2ccc(-c3cccc(-c4nc(-c5ccccc5)nc(-c5ccccc5)n4)c3)cc2N1c1ccc(-c2ccccc2C)c(C)c1. The van der Waals surface area contributed by atoms with Gasteiger partial charge in [0.1, 0.15) is 0 Å². The molecule has 6 aromatic carbocycles. The third-order valence-corrected chi connectivity index (χ3v) is 9.54. The van der Waals surface area contributed by atoms with Gasteiger partial charge in [-0.3, -0.25) is 0 Å². The van der Waals surface area contributed by atoms with Crippen molar-refractivity contribution in [2.24, 2.45) is 0 Å². The summed E-state index contributed by atoms with van der Waals surface area (Å²) >= 11 is 0. The van der Waals surface area contributed by atoms with Crippen molar-refractivity contribution in [2.45, 2.75) is 20.3 Å². The van der Waals surface area contributed by atoms with Crippen molar-refractivity contribution in [3.05, 3.63) is 199 Å². The van der Waals surface area contributed by atoms with Crippen LogP contribution in [0.3, 0.4) is 0 Å². The molecule has 0 radical (unpaired) electrons. The highest BCUT2D eigenvalue weighted by Gasteiger charge is 2.19. The first-order valence-corrected chi connectivity index (χ1v) is 17.6. The number of rotatable bonds is 6. The number of hydrogen-bond acceptors (Lipinski definition) is 4. The monoisotopic (exact) mass is 670 g/mol. The van der Waals surface area contributed by atoms with Crippen LogP contribution in [-0.2, 0) is 6.42 Å². The molecule has 7 aromatic rings. The van der Waals surface area contributed by atoms with E-state index in [-0.39, 0.29) is 0 Å². The van der Waals surface area contributed by atoms with Crippen LogP contribution in [0, 0.1) is 13.8 Å². The summed E-state index contributed by atoms with van der Waals surface area (Å²) in [5.74, 6) is 1.92. The maximum absolute atomic E-state index is 4.98. The van der Waals surface area contributed by atoms with Crippen molar-refractivity contribution >= 4 is 11.4 Å². The van der Waals surface area contributed by atoms with E-state index in [1.807, 2.05) is 60.7 Å². The van der Waals surface area contributed by atoms with E-state index in [9.17, 15) is 0 Å². The summed E-state index contributed by atoms with van der Waals surface area (Å²) in [7, 11) is 0. The normalized spacial score (nSPS) is 13.8. The molecular formula is C48H38N4. The zero-order valence-corrected chi connectivity index (χ0v) is 29.4. The zero-order chi connectivity index (χ0) is 35.4. The zero-order valence-electron chi connectivity index (χ0n) is 29.4. The van der Waals surface area contributed by atoms with Crippen LogP contribution in [0.25, 0.3) is 56.4 Å². The number of fused-ring (bicyclic) bond motifs is 1. The molecule has 0 saturated carbocycles. The molecule has 0 saturated heterocycles. The fourth-order valence-electron chi connectivity index (χ4n) is 6.84. The van der Waals surface area contributed by atoms with Crippen LogP contribution in [0.1, 0.15) is 16.7 Å². The van der Waals surface area contributed by atoms with Crippen molar-refractivity contribution in [2.75, 3.05) is 4.90 Å². The lowest BCUT2D eigenvalue weighted by molar-refractivity contribution is 1.07. The third kappa shape index (κ3) is 6.62. The maximum Gasteiger partial charge on any atom is 0.164 e. The Morgan fingerprint density at radius 3 is 1.79 bits per heavy atom. The van der Waals surface area contributed by atoms with Gasteiger partial charge in [-0.25, -0.2) is 15.0 Å². The van der Waals surface area contributed by atoms with Crippen molar-refractivity contribution in [1.29, 1.82) is 0 Å². The molecule has 8 rings (SSSR count). The van der Waals surface area contributed by atoms with E-state index in [0.29, 0.717) is 17.5 Å². The Morgan fingerprint density at radius 2 is 1.10 bits per heavy atom. The molecule has 52 heavy (non-hydrogen) atoms. The smallest absolute Gasteiger partial charge is 0.164 e. The molecule has 1 aromatic heterocycles. The summed E-state index contributed by atoms with van der Waals surface area (Å²) in [6.45, 7) is 8.91. The van der Waals surface area contributed by atoms with Gasteiger partial charge in [-0.15, -0.1) is 0 Å². The number of hydrogen-bond donors (Lipinski definition) is 0. The second-order valence-electron chi connectivity index (χ2n) is 13.1. The van der Waals surface area contributed by atoms with E-state index in [4.69, 9.17) is 15.0 Å². The molecule has 0 N–H and O–H groups in total. The van der Waals surface area contributed by atoms with Gasteiger partial charge in [0.15, 0.2) is 17.5 Å². The summed E-state index contributed by atoms with van der Waals surface area (Å²) in [6, 6.07) is 50.7. The Morgan fingerprint density at radius 1 is 0.500 bits per heavy atom. The van der Waals surface area contributed by atoms with Gasteiger partial charge in [0.05, 0.1) is 5.69 Å². The van der Waals surface area contributed by atoms with Gasteiger partial charge in [-0.05, 0) is 89.6 Å². The minimum absolute atomic E-state index is 0.631. The molecular weight excluding hydrogens is 633 g/mol. The molecule has 2 heterocycles. The van der Waals surface area contributed by atoms with Crippen molar-refractivity contribution in [3.8, 4) is 56.4 Å². The Hall–Kier alpha value is -6.65. The average Bonchev–Trinajstić information content (AvgIpc) is 3.27. The van der Waals surface area contributed by atoms with Crippen LogP contribution < -0.4 is 4.90 Å². The summed E-state index contributed by atoms with van der Waals surface area (Å²) in [4.78, 5) is 17.1. The quantitative estimate of drug-likeness (QED) is 0.177. The number of allylic oxidation sites excluding steroid dienone is 4. The first kappa shape index (κ1) is 32.5. The first-order valence-electron chi connectivity index (χ1n) is 17.6. The fourth-order valence-corrected chi connectivity index (χ4v) is 6.84. The van der Waals surface area contributed by atoms with Crippen LogP contribution in [-0.4, -0.2) is 15.0 Å². The second-order valence-corrected chi connectivity index (χ2v) is 13.1. The van der Waals surface area contributed by atoms with Crippen molar-refractivity contribution in [1.82, 2.24) is 15.0 Å². The van der Waals surface area contributed by atoms with Gasteiger partial charge >= 0.3 is 0 Å². The summed E-state index contributed by atoms with van der Waals surface area (Å²) in [5.41, 5.74) is 14.3. The molecule has 4 nitrogen and oxygen atoms in total. The minimum Gasteiger partial charge on any atom is -0.311 e. The molecule has 0 amide bonds. The molecule has 250 valence electrons. The minimum atomic E-state index is 0.631. The fraction of sp³-hybridized carbons (Fsp3) is 0.0625. The summed E-state index contributed by atoms with van der Waals surface area (Å²) in [5, 5.41) is 0. The highest BCUT2D eigenvalue weighted by Crippen LogP contribution is 2.39. The third-order valence-electron chi connectivity index (χ3n) is 9.54. The van der Waals surface area contributed by atoms with Crippen molar-refractivity contribution < 1.29 is 0 Å². The van der Waals surface area contributed by atoms with E-state index in [1.54, 1.807) is 0 Å². The Kier molecular flexibility index (Phi) is 8.95. The highest BCUT2D eigenvalue weighted by atomic mass is 15.1. The van der Waals surface area contributed by atoms with Gasteiger partial charge in [0.25, 0.3) is 0 Å². The average molecular weight is 671 g/mol. The van der Waals surface area contributed by atoms with E-state index >= 15 is 0 Å². The largest absolute Gasteiger partial charge is 0.311 e.